The predicted molar refractivity (Wildman–Crippen MR) is 45.6 cm³/mol. The zero-order chi connectivity index (χ0) is 10.6. The van der Waals surface area contributed by atoms with Crippen LogP contribution in [-0.4, -0.2) is 13.2 Å². The topological polar surface area (TPSA) is 38.3 Å². The molecule has 1 aromatic carbocycles. The third-order valence-corrected chi connectivity index (χ3v) is 1.62. The van der Waals surface area contributed by atoms with Gasteiger partial charge in [-0.25, -0.2) is 13.6 Å². The summed E-state index contributed by atoms with van der Waals surface area (Å²) in [6, 6.07) is 3.15. The highest BCUT2D eigenvalue weighted by molar-refractivity contribution is 5.66. The summed E-state index contributed by atoms with van der Waals surface area (Å²) < 4.78 is 29.7. The van der Waals surface area contributed by atoms with Crippen molar-refractivity contribution in [3.05, 3.63) is 35.4 Å². The number of rotatable bonds is 2. The van der Waals surface area contributed by atoms with Crippen molar-refractivity contribution in [2.24, 2.45) is 0 Å². The van der Waals surface area contributed by atoms with E-state index in [1.54, 1.807) is 0 Å². The van der Waals surface area contributed by atoms with Gasteiger partial charge in [0.05, 0.1) is 7.11 Å². The molecule has 0 heterocycles. The highest BCUT2D eigenvalue weighted by Gasteiger charge is 2.05. The fourth-order valence-electron chi connectivity index (χ4n) is 0.905. The van der Waals surface area contributed by atoms with Crippen molar-refractivity contribution in [1.82, 2.24) is 5.32 Å². The van der Waals surface area contributed by atoms with E-state index >= 15 is 0 Å². The van der Waals surface area contributed by atoms with Crippen molar-refractivity contribution < 1.29 is 18.3 Å². The number of hydrogen-bond acceptors (Lipinski definition) is 2. The molecule has 0 aliphatic rings. The summed E-state index contributed by atoms with van der Waals surface area (Å²) in [5.41, 5.74) is 0.205. The first-order chi connectivity index (χ1) is 6.63. The van der Waals surface area contributed by atoms with Gasteiger partial charge in [-0.15, -0.1) is 0 Å². The van der Waals surface area contributed by atoms with Crippen LogP contribution in [0.3, 0.4) is 0 Å². The molecule has 76 valence electrons. The molecule has 0 aromatic heterocycles. The molecule has 1 amide bonds. The van der Waals surface area contributed by atoms with E-state index in [1.165, 1.54) is 13.2 Å². The van der Waals surface area contributed by atoms with E-state index in [0.717, 1.165) is 12.1 Å². The van der Waals surface area contributed by atoms with Crippen molar-refractivity contribution in [3.63, 3.8) is 0 Å². The molecule has 0 bridgehead atoms. The van der Waals surface area contributed by atoms with Crippen LogP contribution in [0.25, 0.3) is 0 Å². The molecule has 3 nitrogen and oxygen atoms in total. The molecule has 0 aliphatic carbocycles. The molecule has 0 unspecified atom stereocenters. The Balaban J connectivity index is 2.63. The first-order valence-corrected chi connectivity index (χ1v) is 3.89. The average molecular weight is 201 g/mol. The van der Waals surface area contributed by atoms with Crippen molar-refractivity contribution in [2.45, 2.75) is 6.54 Å². The first kappa shape index (κ1) is 10.4. The number of carbonyl (C=O) groups is 1. The van der Waals surface area contributed by atoms with Crippen LogP contribution in [0.1, 0.15) is 5.56 Å². The Morgan fingerprint density at radius 3 is 2.79 bits per heavy atom. The van der Waals surface area contributed by atoms with Crippen LogP contribution in [0.2, 0.25) is 0 Å². The summed E-state index contributed by atoms with van der Waals surface area (Å²) in [7, 11) is 1.20. The zero-order valence-corrected chi connectivity index (χ0v) is 7.51. The molecule has 1 N–H and O–H groups in total. The summed E-state index contributed by atoms with van der Waals surface area (Å²) in [5, 5.41) is 2.29. The van der Waals surface area contributed by atoms with Crippen molar-refractivity contribution in [1.29, 1.82) is 0 Å². The van der Waals surface area contributed by atoms with Crippen LogP contribution in [0, 0.1) is 11.6 Å². The zero-order valence-electron chi connectivity index (χ0n) is 7.51. The molecule has 14 heavy (non-hydrogen) atoms. The molecule has 1 aromatic rings. The van der Waals surface area contributed by atoms with Gasteiger partial charge < -0.3 is 10.1 Å². The number of carbonyl (C=O) groups excluding carboxylic acids is 1. The third-order valence-electron chi connectivity index (χ3n) is 1.62. The van der Waals surface area contributed by atoms with E-state index in [2.05, 4.69) is 10.1 Å². The van der Waals surface area contributed by atoms with Gasteiger partial charge >= 0.3 is 6.09 Å². The molecule has 0 radical (unpaired) electrons. The molecule has 0 saturated carbocycles. The minimum Gasteiger partial charge on any atom is -0.453 e. The number of alkyl carbamates (subject to hydrolysis) is 1. The number of hydrogen-bond donors (Lipinski definition) is 1. The highest BCUT2D eigenvalue weighted by Crippen LogP contribution is 2.08. The molecule has 0 atom stereocenters. The summed E-state index contributed by atoms with van der Waals surface area (Å²) in [4.78, 5) is 10.6. The minimum absolute atomic E-state index is 0.0290. The molecule has 0 spiro atoms. The van der Waals surface area contributed by atoms with E-state index in [0.29, 0.717) is 0 Å². The lowest BCUT2D eigenvalue weighted by atomic mass is 10.2. The number of amides is 1. The summed E-state index contributed by atoms with van der Waals surface area (Å²) >= 11 is 0. The molecule has 0 saturated heterocycles. The van der Waals surface area contributed by atoms with Crippen LogP contribution >= 0.6 is 0 Å². The largest absolute Gasteiger partial charge is 0.453 e. The Labute approximate surface area is 79.7 Å². The lowest BCUT2D eigenvalue weighted by Crippen LogP contribution is -2.22. The maximum atomic E-state index is 13.0. The number of methoxy groups -OCH3 is 1. The van der Waals surface area contributed by atoms with Gasteiger partial charge in [-0.2, -0.15) is 0 Å². The Hall–Kier alpha value is -1.65. The van der Waals surface area contributed by atoms with Gasteiger partial charge in [0, 0.05) is 18.2 Å². The van der Waals surface area contributed by atoms with Gasteiger partial charge in [0.15, 0.2) is 0 Å². The van der Waals surface area contributed by atoms with Gasteiger partial charge in [0.2, 0.25) is 0 Å². The molecular formula is C9H9F2NO2. The second kappa shape index (κ2) is 4.55. The normalized spacial score (nSPS) is 9.64. The number of nitrogens with one attached hydrogen (secondary N) is 1. The second-order valence-electron chi connectivity index (χ2n) is 2.58. The Bertz CT molecular complexity index is 342. The maximum Gasteiger partial charge on any atom is 0.407 e. The number of benzene rings is 1. The average Bonchev–Trinajstić information content (AvgIpc) is 2.16. The molecule has 0 aliphatic heterocycles. The van der Waals surface area contributed by atoms with Gasteiger partial charge in [0.1, 0.15) is 11.6 Å². The monoisotopic (exact) mass is 201 g/mol. The van der Waals surface area contributed by atoms with Crippen LogP contribution < -0.4 is 5.32 Å². The Morgan fingerprint density at radius 2 is 2.21 bits per heavy atom. The van der Waals surface area contributed by atoms with E-state index in [-0.39, 0.29) is 12.1 Å². The quantitative estimate of drug-likeness (QED) is 0.792. The van der Waals surface area contributed by atoms with Gasteiger partial charge in [-0.05, 0) is 6.07 Å². The second-order valence-corrected chi connectivity index (χ2v) is 2.58. The lowest BCUT2D eigenvalue weighted by Gasteiger charge is -2.04. The van der Waals surface area contributed by atoms with Gasteiger partial charge in [-0.3, -0.25) is 0 Å². The highest BCUT2D eigenvalue weighted by atomic mass is 19.1. The predicted octanol–water partition coefficient (Wildman–Crippen LogP) is 1.82. The van der Waals surface area contributed by atoms with Crippen LogP contribution in [0.4, 0.5) is 13.6 Å². The van der Waals surface area contributed by atoms with E-state index in [1.807, 2.05) is 0 Å². The maximum absolute atomic E-state index is 13.0. The van der Waals surface area contributed by atoms with Crippen LogP contribution in [-0.2, 0) is 11.3 Å². The van der Waals surface area contributed by atoms with E-state index < -0.39 is 17.7 Å². The molecule has 1 rings (SSSR count). The van der Waals surface area contributed by atoms with Crippen LogP contribution in [0.5, 0.6) is 0 Å². The standard InChI is InChI=1S/C9H9F2NO2/c1-14-9(13)12-5-6-2-3-7(10)4-8(6)11/h2-4H,5H2,1H3,(H,12,13). The number of ether oxygens (including phenoxy) is 1. The summed E-state index contributed by atoms with van der Waals surface area (Å²) in [5.74, 6) is -1.34. The van der Waals surface area contributed by atoms with E-state index in [9.17, 15) is 13.6 Å². The third kappa shape index (κ3) is 2.69. The summed E-state index contributed by atoms with van der Waals surface area (Å²) in [6.07, 6.45) is -0.659. The van der Waals surface area contributed by atoms with Crippen LogP contribution in [0.15, 0.2) is 18.2 Å². The van der Waals surface area contributed by atoms with Gasteiger partial charge in [-0.1, -0.05) is 6.07 Å². The molecular weight excluding hydrogens is 192 g/mol. The SMILES string of the molecule is COC(=O)NCc1ccc(F)cc1F. The molecule has 5 heteroatoms. The Kier molecular flexibility index (Phi) is 3.39. The van der Waals surface area contributed by atoms with Crippen molar-refractivity contribution in [3.8, 4) is 0 Å². The van der Waals surface area contributed by atoms with Crippen molar-refractivity contribution in [2.75, 3.05) is 7.11 Å². The molecule has 0 fully saturated rings. The minimum atomic E-state index is -0.693. The fourth-order valence-corrected chi connectivity index (χ4v) is 0.905. The first-order valence-electron chi connectivity index (χ1n) is 3.89. The van der Waals surface area contributed by atoms with Crippen molar-refractivity contribution >= 4 is 6.09 Å². The number of halogens is 2. The fraction of sp³-hybridized carbons (Fsp3) is 0.222. The van der Waals surface area contributed by atoms with E-state index in [4.69, 9.17) is 0 Å². The Morgan fingerprint density at radius 1 is 1.50 bits per heavy atom. The summed E-state index contributed by atoms with van der Waals surface area (Å²) in [6.45, 7) is -0.0290. The van der Waals surface area contributed by atoms with Gasteiger partial charge in [0.25, 0.3) is 0 Å². The smallest absolute Gasteiger partial charge is 0.407 e. The lowest BCUT2D eigenvalue weighted by molar-refractivity contribution is 0.170.